The maximum atomic E-state index is 12.5. The Labute approximate surface area is 359 Å². The van der Waals surface area contributed by atoms with Gasteiger partial charge in [0.25, 0.3) is 36.0 Å². The van der Waals surface area contributed by atoms with Gasteiger partial charge in [0.05, 0.1) is 49.2 Å². The molecule has 5 aromatic carbocycles. The minimum Gasteiger partial charge on any atom is -0.505 e. The van der Waals surface area contributed by atoms with E-state index in [0.29, 0.717) is 10.7 Å². The Bertz CT molecular complexity index is 3330. The lowest BCUT2D eigenvalue weighted by molar-refractivity contribution is -0.432. The number of non-ortho nitro benzene ring substituents is 1. The van der Waals surface area contributed by atoms with Crippen molar-refractivity contribution in [2.75, 3.05) is 0 Å². The number of nitro benzene ring substituents is 1. The first-order chi connectivity index (χ1) is 30.0. The number of nitro groups is 1. The Kier molecular flexibility index (Phi) is 12.8. The molecule has 64 heavy (non-hydrogen) atoms. The number of phenols is 2. The fourth-order valence-corrected chi connectivity index (χ4v) is 7.63. The highest BCUT2D eigenvalue weighted by atomic mass is 32.2. The van der Waals surface area contributed by atoms with Crippen LogP contribution in [0.15, 0.2) is 129 Å². The first-order valence-electron chi connectivity index (χ1n) is 16.4. The summed E-state index contributed by atoms with van der Waals surface area (Å²) in [5.74, 6) is -4.66. The third kappa shape index (κ3) is 9.79. The summed E-state index contributed by atoms with van der Waals surface area (Å²) in [6, 6.07) is 12.8. The molecule has 0 saturated heterocycles. The number of carboxylic acids is 1. The molecule has 0 unspecified atom stereocenters. The Morgan fingerprint density at radius 3 is 1.80 bits per heavy atom. The highest BCUT2D eigenvalue weighted by Crippen LogP contribution is 2.51. The highest BCUT2D eigenvalue weighted by Gasteiger charge is 2.28. The van der Waals surface area contributed by atoms with E-state index in [1.165, 1.54) is 24.3 Å². The molecule has 0 spiro atoms. The third-order valence-electron chi connectivity index (χ3n) is 8.17. The molecule has 1 aromatic heterocycles. The number of hydrogen-bond acceptors (Lipinski definition) is 23. The second-order valence-electron chi connectivity index (χ2n) is 12.2. The van der Waals surface area contributed by atoms with Crippen LogP contribution in [0.4, 0.5) is 39.8 Å². The largest absolute Gasteiger partial charge is 0.505 e. The van der Waals surface area contributed by atoms with Gasteiger partial charge < -0.3 is 20.4 Å². The van der Waals surface area contributed by atoms with Gasteiger partial charge >= 0.3 is 5.97 Å². The molecule has 6 aromatic rings. The van der Waals surface area contributed by atoms with Gasteiger partial charge in [-0.05, 0) is 72.1 Å². The lowest BCUT2D eigenvalue weighted by atomic mass is 10.1. The number of rotatable bonds is 15. The Morgan fingerprint density at radius 1 is 0.703 bits per heavy atom. The molecule has 1 heterocycles. The molecule has 332 valence electrons. The average molecular weight is 964 g/mol. The van der Waals surface area contributed by atoms with Crippen molar-refractivity contribution < 1.29 is 83.7 Å². The van der Waals surface area contributed by atoms with E-state index in [-0.39, 0.29) is 39.4 Å². The van der Waals surface area contributed by atoms with E-state index in [4.69, 9.17) is 5.26 Å². The van der Waals surface area contributed by atoms with E-state index in [0.717, 1.165) is 48.5 Å². The number of aromatic hydroxyl groups is 3. The number of azo groups is 3. The van der Waals surface area contributed by atoms with Gasteiger partial charge in [0.1, 0.15) is 26.9 Å². The van der Waals surface area contributed by atoms with Crippen LogP contribution in [0, 0.1) is 10.1 Å². The zero-order valence-electron chi connectivity index (χ0n) is 30.7. The Balaban J connectivity index is 1.37. The van der Waals surface area contributed by atoms with Crippen LogP contribution >= 0.6 is 12.0 Å². The van der Waals surface area contributed by atoms with Crippen molar-refractivity contribution >= 4 is 99.0 Å². The zero-order chi connectivity index (χ0) is 46.9. The maximum Gasteiger partial charge on any atom is 0.358 e. The molecule has 0 fully saturated rings. The van der Waals surface area contributed by atoms with Gasteiger partial charge in [0, 0.05) is 12.1 Å². The van der Waals surface area contributed by atoms with Crippen LogP contribution in [0.2, 0.25) is 0 Å². The first-order valence-corrected chi connectivity index (χ1v) is 21.5. The summed E-state index contributed by atoms with van der Waals surface area (Å²) >= 11 is 0.106. The minimum atomic E-state index is -5.26. The topological polar surface area (TPSA) is 435 Å². The molecule has 0 aliphatic rings. The summed E-state index contributed by atoms with van der Waals surface area (Å²) in [7, 11) is -15.0. The standard InChI is InChI=1S/C32H21N9O19S4/c42-29-24-14(11-21(61-60-59-49)25(29)36-35-20-10-7-18(41(47)48)13-22(20)63(53,54)55)12-23(64(56,57)58)26(30(24)43)37-33-15-1-3-16(4-2-15)34-38-27-28(32(45)46)39-40(31(27)44)17-5-8-19(9-6-17)62(50,51)52/h1-13,42-44,49H,(H,45,46)(H,50,51,52)(H,53,54,55)(H,56,57,58). The average Bonchev–Trinajstić information content (AvgIpc) is 3.56. The SMILES string of the molecule is O=C(O)c1nn(-c2ccc(S(=O)(=O)O)cc2)c(O)c1N=Nc1ccc(N=Nc2c(S(=O)(=O)O)cc3cc(SOOO)c(N=Nc4ccc([N+](=O)[O-])cc4S(=O)(=O)O)c(O)c3c2O)cc1. The van der Waals surface area contributed by atoms with E-state index in [9.17, 15) is 74.2 Å². The number of carboxylic acid groups (broad SMARTS) is 1. The van der Waals surface area contributed by atoms with E-state index in [1.807, 2.05) is 0 Å². The molecule has 0 bridgehead atoms. The summed E-state index contributed by atoms with van der Waals surface area (Å²) in [5, 5.41) is 91.8. The molecule has 0 atom stereocenters. The van der Waals surface area contributed by atoms with E-state index in [1.54, 1.807) is 0 Å². The molecule has 28 nitrogen and oxygen atoms in total. The molecule has 0 aliphatic heterocycles. The molecule has 8 N–H and O–H groups in total. The van der Waals surface area contributed by atoms with Gasteiger partial charge in [-0.15, -0.1) is 24.8 Å². The number of aromatic carboxylic acids is 1. The number of nitrogens with zero attached hydrogens (tertiary/aromatic N) is 9. The second kappa shape index (κ2) is 17.8. The van der Waals surface area contributed by atoms with Crippen LogP contribution in [0.25, 0.3) is 16.5 Å². The van der Waals surface area contributed by atoms with Crippen molar-refractivity contribution in [2.45, 2.75) is 19.6 Å². The molecule has 0 amide bonds. The van der Waals surface area contributed by atoms with Gasteiger partial charge in [-0.1, -0.05) is 5.04 Å². The lowest BCUT2D eigenvalue weighted by Gasteiger charge is -2.13. The zero-order valence-corrected chi connectivity index (χ0v) is 34.0. The molecular formula is C32H21N9O19S4. The lowest BCUT2D eigenvalue weighted by Crippen LogP contribution is -2.02. The van der Waals surface area contributed by atoms with Crippen molar-refractivity contribution in [3.05, 3.63) is 94.7 Å². The number of fused-ring (bicyclic) bond motifs is 1. The smallest absolute Gasteiger partial charge is 0.358 e. The van der Waals surface area contributed by atoms with Crippen LogP contribution < -0.4 is 0 Å². The van der Waals surface area contributed by atoms with Crippen molar-refractivity contribution in [1.29, 1.82) is 0 Å². The number of phenolic OH excluding ortho intramolecular Hbond substituents is 2. The summed E-state index contributed by atoms with van der Waals surface area (Å²) in [6.45, 7) is 0. The van der Waals surface area contributed by atoms with Crippen molar-refractivity contribution in [3.63, 3.8) is 0 Å². The van der Waals surface area contributed by atoms with Crippen molar-refractivity contribution in [2.24, 2.45) is 30.7 Å². The van der Waals surface area contributed by atoms with Crippen molar-refractivity contribution in [3.8, 4) is 23.1 Å². The number of benzene rings is 5. The predicted molar refractivity (Wildman–Crippen MR) is 212 cm³/mol. The fraction of sp³-hybridized carbons (Fsp3) is 0. The summed E-state index contributed by atoms with van der Waals surface area (Å²) in [6.07, 6.45) is 0. The van der Waals surface area contributed by atoms with E-state index >= 15 is 0 Å². The summed E-state index contributed by atoms with van der Waals surface area (Å²) < 4.78 is 106. The van der Waals surface area contributed by atoms with Gasteiger partial charge in [-0.25, -0.2) is 10.1 Å². The minimum absolute atomic E-state index is 0.000392. The molecule has 32 heteroatoms. The van der Waals surface area contributed by atoms with Crippen LogP contribution in [0.5, 0.6) is 17.4 Å². The number of aromatic nitrogens is 2. The maximum absolute atomic E-state index is 12.5. The molecular weight excluding hydrogens is 943 g/mol. The quantitative estimate of drug-likeness (QED) is 0.0126. The fourth-order valence-electron chi connectivity index (χ4n) is 5.35. The third-order valence-corrected chi connectivity index (χ3v) is 11.4. The van der Waals surface area contributed by atoms with E-state index < -0.39 is 113 Å². The Morgan fingerprint density at radius 2 is 1.27 bits per heavy atom. The van der Waals surface area contributed by atoms with E-state index in [2.05, 4.69) is 45.2 Å². The normalized spacial score (nSPS) is 12.6. The summed E-state index contributed by atoms with van der Waals surface area (Å²) in [5.41, 5.74) is -4.63. The molecule has 0 radical (unpaired) electrons. The molecule has 0 aliphatic carbocycles. The molecule has 6 rings (SSSR count). The van der Waals surface area contributed by atoms with Gasteiger partial charge in [-0.2, -0.15) is 45.3 Å². The van der Waals surface area contributed by atoms with Gasteiger partial charge in [-0.3, -0.25) is 23.8 Å². The van der Waals surface area contributed by atoms with Crippen LogP contribution in [0.3, 0.4) is 0 Å². The van der Waals surface area contributed by atoms with Crippen LogP contribution in [-0.4, -0.2) is 85.3 Å². The summed E-state index contributed by atoms with van der Waals surface area (Å²) in [4.78, 5) is 19.1. The number of hydrogen-bond donors (Lipinski definition) is 8. The predicted octanol–water partition coefficient (Wildman–Crippen LogP) is 7.16. The van der Waals surface area contributed by atoms with Crippen LogP contribution in [-0.2, 0) is 39.7 Å². The Hall–Kier alpha value is -7.40. The monoisotopic (exact) mass is 963 g/mol. The van der Waals surface area contributed by atoms with Crippen molar-refractivity contribution in [1.82, 2.24) is 9.78 Å². The molecule has 0 saturated carbocycles. The highest BCUT2D eigenvalue weighted by molar-refractivity contribution is 7.94. The van der Waals surface area contributed by atoms with Crippen LogP contribution in [0.1, 0.15) is 10.5 Å². The first kappa shape index (κ1) is 46.1. The van der Waals surface area contributed by atoms with Gasteiger partial charge in [0.15, 0.2) is 17.2 Å². The second-order valence-corrected chi connectivity index (χ2v) is 17.1. The van der Waals surface area contributed by atoms with Gasteiger partial charge in [0.2, 0.25) is 11.6 Å². The number of carbonyl (C=O) groups is 1.